The zero-order chi connectivity index (χ0) is 11.0. The van der Waals surface area contributed by atoms with Crippen LogP contribution in [0.5, 0.6) is 0 Å². The zero-order valence-electron chi connectivity index (χ0n) is 8.80. The van der Waals surface area contributed by atoms with Crippen molar-refractivity contribution in [2.45, 2.75) is 25.8 Å². The molecule has 0 amide bonds. The van der Waals surface area contributed by atoms with Crippen molar-refractivity contribution in [3.8, 4) is 0 Å². The minimum atomic E-state index is -0.281. The van der Waals surface area contributed by atoms with Crippen LogP contribution in [0.15, 0.2) is 16.3 Å². The Hall–Kier alpha value is -1.48. The second kappa shape index (κ2) is 3.59. The summed E-state index contributed by atoms with van der Waals surface area (Å²) in [6.45, 7) is 1.98. The first-order valence-electron chi connectivity index (χ1n) is 5.01. The molecule has 0 heterocycles. The quantitative estimate of drug-likeness (QED) is 0.301. The highest BCUT2D eigenvalue weighted by Gasteiger charge is 2.48. The summed E-state index contributed by atoms with van der Waals surface area (Å²) in [6, 6.07) is -0.0576. The molecule has 1 unspecified atom stereocenters. The summed E-state index contributed by atoms with van der Waals surface area (Å²) in [6.07, 6.45) is 1.57. The van der Waals surface area contributed by atoms with Crippen molar-refractivity contribution in [3.05, 3.63) is 21.6 Å². The fraction of sp³-hybridized carbons (Fsp3) is 0.700. The lowest BCUT2D eigenvalue weighted by Crippen LogP contribution is -2.21. The van der Waals surface area contributed by atoms with E-state index in [1.807, 2.05) is 6.92 Å². The van der Waals surface area contributed by atoms with Gasteiger partial charge < -0.3 is 4.74 Å². The molecular formula is C10H13N3O2. The van der Waals surface area contributed by atoms with E-state index in [2.05, 4.69) is 10.0 Å². The number of fused-ring (bicyclic) bond motifs is 1. The molecular weight excluding hydrogens is 194 g/mol. The summed E-state index contributed by atoms with van der Waals surface area (Å²) in [5.41, 5.74) is 10.3. The van der Waals surface area contributed by atoms with E-state index in [4.69, 9.17) is 10.3 Å². The lowest BCUT2D eigenvalue weighted by atomic mass is 9.89. The maximum absolute atomic E-state index is 11.5. The van der Waals surface area contributed by atoms with Crippen molar-refractivity contribution in [2.75, 3.05) is 7.11 Å². The van der Waals surface area contributed by atoms with Crippen LogP contribution in [0.4, 0.5) is 0 Å². The van der Waals surface area contributed by atoms with Gasteiger partial charge in [0.25, 0.3) is 0 Å². The Balaban J connectivity index is 2.26. The summed E-state index contributed by atoms with van der Waals surface area (Å²) in [7, 11) is 1.38. The highest BCUT2D eigenvalue weighted by atomic mass is 16.5. The molecule has 0 radical (unpaired) electrons. The van der Waals surface area contributed by atoms with E-state index in [0.29, 0.717) is 23.8 Å². The predicted molar refractivity (Wildman–Crippen MR) is 53.9 cm³/mol. The number of nitrogens with zero attached hydrogens (tertiary/aromatic N) is 3. The first-order chi connectivity index (χ1) is 7.19. The van der Waals surface area contributed by atoms with Gasteiger partial charge in [0.05, 0.1) is 7.11 Å². The molecule has 0 N–H and O–H groups in total. The minimum absolute atomic E-state index is 0.0576. The SMILES string of the molecule is COC(=O)C1=C(C)[C@@H]2C[C@@H]2C(N=[N+]=[N-])C1. The Morgan fingerprint density at radius 3 is 3.00 bits per heavy atom. The molecule has 15 heavy (non-hydrogen) atoms. The van der Waals surface area contributed by atoms with E-state index in [1.165, 1.54) is 7.11 Å². The number of carbonyl (C=O) groups excluding carboxylic acids is 1. The highest BCUT2D eigenvalue weighted by molar-refractivity contribution is 5.90. The third-order valence-electron chi connectivity index (χ3n) is 3.41. The molecule has 0 aliphatic heterocycles. The predicted octanol–water partition coefficient (Wildman–Crippen LogP) is 2.19. The summed E-state index contributed by atoms with van der Waals surface area (Å²) < 4.78 is 4.72. The van der Waals surface area contributed by atoms with Gasteiger partial charge in [-0.05, 0) is 37.1 Å². The normalized spacial score (nSPS) is 32.8. The van der Waals surface area contributed by atoms with Crippen molar-refractivity contribution in [1.82, 2.24) is 0 Å². The topological polar surface area (TPSA) is 75.1 Å². The van der Waals surface area contributed by atoms with Crippen LogP contribution in [0.1, 0.15) is 19.8 Å². The third kappa shape index (κ3) is 1.59. The molecule has 5 heteroatoms. The smallest absolute Gasteiger partial charge is 0.333 e. The second-order valence-corrected chi connectivity index (χ2v) is 4.14. The van der Waals surface area contributed by atoms with Crippen LogP contribution in [0, 0.1) is 11.8 Å². The van der Waals surface area contributed by atoms with Crippen LogP contribution in [-0.4, -0.2) is 19.1 Å². The molecule has 1 saturated carbocycles. The Morgan fingerprint density at radius 2 is 2.40 bits per heavy atom. The van der Waals surface area contributed by atoms with Gasteiger partial charge in [0, 0.05) is 16.5 Å². The fourth-order valence-electron chi connectivity index (χ4n) is 2.44. The molecule has 3 atom stereocenters. The molecule has 0 bridgehead atoms. The monoisotopic (exact) mass is 207 g/mol. The Bertz CT molecular complexity index is 382. The second-order valence-electron chi connectivity index (χ2n) is 4.14. The van der Waals surface area contributed by atoms with E-state index in [1.54, 1.807) is 0 Å². The highest BCUT2D eigenvalue weighted by Crippen LogP contribution is 2.53. The maximum Gasteiger partial charge on any atom is 0.333 e. The van der Waals surface area contributed by atoms with Gasteiger partial charge in [-0.15, -0.1) is 0 Å². The molecule has 80 valence electrons. The van der Waals surface area contributed by atoms with E-state index in [0.717, 1.165) is 12.0 Å². The lowest BCUT2D eigenvalue weighted by Gasteiger charge is -2.20. The molecule has 2 aliphatic carbocycles. The Kier molecular flexibility index (Phi) is 2.40. The van der Waals surface area contributed by atoms with Crippen LogP contribution in [0.2, 0.25) is 0 Å². The molecule has 5 nitrogen and oxygen atoms in total. The largest absolute Gasteiger partial charge is 0.466 e. The lowest BCUT2D eigenvalue weighted by molar-refractivity contribution is -0.136. The van der Waals surface area contributed by atoms with Crippen LogP contribution in [0.25, 0.3) is 10.4 Å². The van der Waals surface area contributed by atoms with Crippen molar-refractivity contribution in [3.63, 3.8) is 0 Å². The van der Waals surface area contributed by atoms with Crippen molar-refractivity contribution >= 4 is 5.97 Å². The molecule has 2 aliphatic rings. The Morgan fingerprint density at radius 1 is 1.67 bits per heavy atom. The van der Waals surface area contributed by atoms with Gasteiger partial charge in [0.2, 0.25) is 0 Å². The number of ether oxygens (including phenoxy) is 1. The number of rotatable bonds is 2. The molecule has 0 aromatic heterocycles. The van der Waals surface area contributed by atoms with E-state index >= 15 is 0 Å². The van der Waals surface area contributed by atoms with Gasteiger partial charge in [-0.25, -0.2) is 4.79 Å². The van der Waals surface area contributed by atoms with Crippen LogP contribution in [-0.2, 0) is 9.53 Å². The van der Waals surface area contributed by atoms with Crippen LogP contribution in [0.3, 0.4) is 0 Å². The zero-order valence-corrected chi connectivity index (χ0v) is 8.80. The van der Waals surface area contributed by atoms with Gasteiger partial charge in [-0.2, -0.15) is 0 Å². The molecule has 0 aromatic carbocycles. The van der Waals surface area contributed by atoms with Crippen molar-refractivity contribution in [1.29, 1.82) is 0 Å². The number of azide groups is 1. The average molecular weight is 207 g/mol. The van der Waals surface area contributed by atoms with E-state index in [-0.39, 0.29) is 12.0 Å². The molecule has 0 saturated heterocycles. The molecule has 0 spiro atoms. The summed E-state index contributed by atoms with van der Waals surface area (Å²) in [4.78, 5) is 14.3. The minimum Gasteiger partial charge on any atom is -0.466 e. The Labute approximate surface area is 87.7 Å². The summed E-state index contributed by atoms with van der Waals surface area (Å²) >= 11 is 0. The summed E-state index contributed by atoms with van der Waals surface area (Å²) in [5, 5.41) is 3.75. The van der Waals surface area contributed by atoms with Gasteiger partial charge in [-0.3, -0.25) is 0 Å². The number of hydrogen-bond acceptors (Lipinski definition) is 3. The first kappa shape index (κ1) is 10.1. The third-order valence-corrected chi connectivity index (χ3v) is 3.41. The molecule has 2 rings (SSSR count). The first-order valence-corrected chi connectivity index (χ1v) is 5.01. The van der Waals surface area contributed by atoms with Crippen LogP contribution >= 0.6 is 0 Å². The average Bonchev–Trinajstić information content (AvgIpc) is 3.01. The number of hydrogen-bond donors (Lipinski definition) is 0. The number of methoxy groups -OCH3 is 1. The van der Waals surface area contributed by atoms with Gasteiger partial charge in [0.1, 0.15) is 0 Å². The molecule has 1 fully saturated rings. The van der Waals surface area contributed by atoms with Gasteiger partial charge in [-0.1, -0.05) is 10.7 Å². The summed E-state index contributed by atoms with van der Waals surface area (Å²) in [5.74, 6) is 0.605. The van der Waals surface area contributed by atoms with E-state index < -0.39 is 0 Å². The maximum atomic E-state index is 11.5. The van der Waals surface area contributed by atoms with Crippen LogP contribution < -0.4 is 0 Å². The molecule has 0 aromatic rings. The van der Waals surface area contributed by atoms with Crippen molar-refractivity contribution < 1.29 is 9.53 Å². The van der Waals surface area contributed by atoms with Crippen molar-refractivity contribution in [2.24, 2.45) is 17.0 Å². The fourth-order valence-corrected chi connectivity index (χ4v) is 2.44. The standard InChI is InChI=1S/C10H13N3O2/c1-5-6-3-8(6)9(12-13-11)4-7(5)10(14)15-2/h6,8-9H,3-4H2,1-2H3/t6-,8-,9?/m0/s1. The van der Waals surface area contributed by atoms with E-state index in [9.17, 15) is 4.79 Å². The van der Waals surface area contributed by atoms with Gasteiger partial charge >= 0.3 is 5.97 Å². The number of carbonyl (C=O) groups is 1. The number of esters is 1. The van der Waals surface area contributed by atoms with Gasteiger partial charge in [0.15, 0.2) is 0 Å². The number of allylic oxidation sites excluding steroid dienone is 1.